The van der Waals surface area contributed by atoms with Crippen molar-refractivity contribution >= 4 is 40.8 Å². The summed E-state index contributed by atoms with van der Waals surface area (Å²) in [6.45, 7) is 0.105. The van der Waals surface area contributed by atoms with E-state index in [0.717, 1.165) is 0 Å². The number of hydrogen-bond acceptors (Lipinski definition) is 3. The van der Waals surface area contributed by atoms with Crippen LogP contribution in [0.25, 0.3) is 0 Å². The summed E-state index contributed by atoms with van der Waals surface area (Å²) < 4.78 is 0. The van der Waals surface area contributed by atoms with Gasteiger partial charge in [0.15, 0.2) is 0 Å². The second-order valence-corrected chi connectivity index (χ2v) is 4.01. The quantitative estimate of drug-likeness (QED) is 0.784. The van der Waals surface area contributed by atoms with Gasteiger partial charge in [-0.3, -0.25) is 4.79 Å². The predicted octanol–water partition coefficient (Wildman–Crippen LogP) is 1.85. The van der Waals surface area contributed by atoms with E-state index >= 15 is 0 Å². The number of carboxylic acids is 1. The molecule has 1 rings (SSSR count). The second-order valence-electron chi connectivity index (χ2n) is 3.20. The Morgan fingerprint density at radius 2 is 1.82 bits per heavy atom. The molecule has 0 aromatic heterocycles. The molecule has 1 aromatic carbocycles. The Morgan fingerprint density at radius 1 is 1.29 bits per heavy atom. The smallest absolute Gasteiger partial charge is 0.335 e. The highest BCUT2D eigenvalue weighted by Crippen LogP contribution is 2.31. The largest absolute Gasteiger partial charge is 0.478 e. The van der Waals surface area contributed by atoms with Crippen LogP contribution < -0.4 is 10.6 Å². The fourth-order valence-corrected chi connectivity index (χ4v) is 1.74. The topological polar surface area (TPSA) is 78.4 Å². The number of aromatic carboxylic acids is 1. The van der Waals surface area contributed by atoms with Crippen LogP contribution in [0, 0.1) is 0 Å². The maximum atomic E-state index is 11.3. The summed E-state index contributed by atoms with van der Waals surface area (Å²) in [5, 5.41) is 14.1. The highest BCUT2D eigenvalue weighted by molar-refractivity contribution is 6.40. The van der Waals surface area contributed by atoms with Crippen LogP contribution in [-0.4, -0.2) is 30.6 Å². The minimum Gasteiger partial charge on any atom is -0.478 e. The van der Waals surface area contributed by atoms with Gasteiger partial charge in [-0.1, -0.05) is 23.2 Å². The van der Waals surface area contributed by atoms with Gasteiger partial charge in [-0.05, 0) is 19.2 Å². The highest BCUT2D eigenvalue weighted by atomic mass is 35.5. The zero-order valence-electron chi connectivity index (χ0n) is 8.88. The monoisotopic (exact) mass is 276 g/mol. The summed E-state index contributed by atoms with van der Waals surface area (Å²) in [5.41, 5.74) is 0.171. The molecule has 0 bridgehead atoms. The predicted molar refractivity (Wildman–Crippen MR) is 66.0 cm³/mol. The Bertz CT molecular complexity index is 440. The normalized spacial score (nSPS) is 10.1. The molecule has 5 nitrogen and oxygen atoms in total. The van der Waals surface area contributed by atoms with Crippen LogP contribution in [-0.2, 0) is 4.79 Å². The van der Waals surface area contributed by atoms with Crippen molar-refractivity contribution in [2.45, 2.75) is 0 Å². The number of carbonyl (C=O) groups excluding carboxylic acids is 1. The average molecular weight is 277 g/mol. The van der Waals surface area contributed by atoms with Crippen LogP contribution in [0.15, 0.2) is 12.1 Å². The summed E-state index contributed by atoms with van der Waals surface area (Å²) in [5.74, 6) is -1.46. The Morgan fingerprint density at radius 3 is 2.24 bits per heavy atom. The number of carbonyl (C=O) groups is 2. The molecule has 0 saturated carbocycles. The summed E-state index contributed by atoms with van der Waals surface area (Å²) >= 11 is 11.7. The zero-order chi connectivity index (χ0) is 13.0. The second kappa shape index (κ2) is 5.86. The molecule has 0 aliphatic heterocycles. The Hall–Kier alpha value is -1.30. The number of anilines is 1. The van der Waals surface area contributed by atoms with E-state index in [1.54, 1.807) is 7.05 Å². The molecule has 0 fully saturated rings. The molecule has 1 aromatic rings. The molecule has 0 unspecified atom stereocenters. The molecule has 0 aliphatic rings. The number of halogens is 2. The van der Waals surface area contributed by atoms with Gasteiger partial charge >= 0.3 is 5.97 Å². The highest BCUT2D eigenvalue weighted by Gasteiger charge is 2.13. The van der Waals surface area contributed by atoms with Crippen LogP contribution >= 0.6 is 23.2 Å². The number of benzene rings is 1. The van der Waals surface area contributed by atoms with Gasteiger partial charge in [-0.25, -0.2) is 4.79 Å². The number of rotatable bonds is 4. The van der Waals surface area contributed by atoms with Gasteiger partial charge < -0.3 is 15.7 Å². The zero-order valence-corrected chi connectivity index (χ0v) is 10.4. The van der Waals surface area contributed by atoms with E-state index in [1.165, 1.54) is 12.1 Å². The van der Waals surface area contributed by atoms with Crippen LogP contribution in [0.3, 0.4) is 0 Å². The Balaban J connectivity index is 3.01. The van der Waals surface area contributed by atoms with Gasteiger partial charge in [0.25, 0.3) is 0 Å². The van der Waals surface area contributed by atoms with Gasteiger partial charge in [0.05, 0.1) is 27.8 Å². The van der Waals surface area contributed by atoms with Gasteiger partial charge in [-0.15, -0.1) is 0 Å². The fraction of sp³-hybridized carbons (Fsp3) is 0.200. The summed E-state index contributed by atoms with van der Waals surface area (Å²) in [6.07, 6.45) is 0. The number of carboxylic acid groups (broad SMARTS) is 1. The van der Waals surface area contributed by atoms with Crippen LogP contribution in [0.1, 0.15) is 10.4 Å². The Labute approximate surface area is 108 Å². The molecule has 0 spiro atoms. The van der Waals surface area contributed by atoms with Gasteiger partial charge in [0.1, 0.15) is 0 Å². The first-order valence-electron chi connectivity index (χ1n) is 4.62. The van der Waals surface area contributed by atoms with Crippen molar-refractivity contribution in [1.82, 2.24) is 5.32 Å². The van der Waals surface area contributed by atoms with Crippen LogP contribution in [0.4, 0.5) is 5.69 Å². The number of nitrogens with one attached hydrogen (secondary N) is 2. The van der Waals surface area contributed by atoms with Crippen LogP contribution in [0.2, 0.25) is 10.0 Å². The minimum atomic E-state index is -1.14. The lowest BCUT2D eigenvalue weighted by Gasteiger charge is -2.10. The third-order valence-electron chi connectivity index (χ3n) is 1.89. The van der Waals surface area contributed by atoms with Crippen molar-refractivity contribution < 1.29 is 14.7 Å². The van der Waals surface area contributed by atoms with Gasteiger partial charge in [0.2, 0.25) is 5.91 Å². The molecule has 92 valence electrons. The summed E-state index contributed by atoms with van der Waals surface area (Å²) in [6, 6.07) is 2.45. The fourth-order valence-electron chi connectivity index (χ4n) is 1.16. The molecular weight excluding hydrogens is 267 g/mol. The van der Waals surface area contributed by atoms with Crippen molar-refractivity contribution in [1.29, 1.82) is 0 Å². The molecule has 0 aliphatic carbocycles. The SMILES string of the molecule is CNCC(=O)Nc1c(Cl)cc(C(=O)O)cc1Cl. The third-order valence-corrected chi connectivity index (χ3v) is 2.49. The lowest BCUT2D eigenvalue weighted by atomic mass is 10.2. The minimum absolute atomic E-state index is 0.0355. The van der Waals surface area contributed by atoms with Crippen molar-refractivity contribution in [3.8, 4) is 0 Å². The summed E-state index contributed by atoms with van der Waals surface area (Å²) in [7, 11) is 1.62. The van der Waals surface area contributed by atoms with Gasteiger partial charge in [0, 0.05) is 0 Å². The lowest BCUT2D eigenvalue weighted by Crippen LogP contribution is -2.25. The van der Waals surface area contributed by atoms with Crippen LogP contribution in [0.5, 0.6) is 0 Å². The third kappa shape index (κ3) is 3.59. The van der Waals surface area contributed by atoms with Crippen molar-refractivity contribution in [3.63, 3.8) is 0 Å². The molecule has 3 N–H and O–H groups in total. The Kier molecular flexibility index (Phi) is 4.74. The first kappa shape index (κ1) is 13.8. The number of amides is 1. The molecule has 0 heterocycles. The first-order valence-corrected chi connectivity index (χ1v) is 5.38. The van der Waals surface area contributed by atoms with E-state index in [2.05, 4.69) is 10.6 Å². The molecule has 1 amide bonds. The van der Waals surface area contributed by atoms with Crippen molar-refractivity contribution in [3.05, 3.63) is 27.7 Å². The van der Waals surface area contributed by atoms with Gasteiger partial charge in [-0.2, -0.15) is 0 Å². The molecule has 17 heavy (non-hydrogen) atoms. The van der Waals surface area contributed by atoms with E-state index in [0.29, 0.717) is 0 Å². The first-order chi connectivity index (χ1) is 7.95. The molecule has 7 heteroatoms. The maximum Gasteiger partial charge on any atom is 0.335 e. The number of hydrogen-bond donors (Lipinski definition) is 3. The average Bonchev–Trinajstić information content (AvgIpc) is 2.23. The molecule has 0 atom stereocenters. The lowest BCUT2D eigenvalue weighted by molar-refractivity contribution is -0.115. The van der Waals surface area contributed by atoms with E-state index < -0.39 is 5.97 Å². The summed E-state index contributed by atoms with van der Waals surface area (Å²) in [4.78, 5) is 22.1. The van der Waals surface area contributed by atoms with E-state index in [4.69, 9.17) is 28.3 Å². The van der Waals surface area contributed by atoms with E-state index in [9.17, 15) is 9.59 Å². The molecule has 0 saturated heterocycles. The van der Waals surface area contributed by atoms with Crippen molar-refractivity contribution in [2.24, 2.45) is 0 Å². The van der Waals surface area contributed by atoms with E-state index in [-0.39, 0.29) is 33.7 Å². The standard InChI is InChI=1S/C10H10Cl2N2O3/c1-13-4-8(15)14-9-6(11)2-5(10(16)17)3-7(9)12/h2-3,13H,4H2,1H3,(H,14,15)(H,16,17). The molecular formula is C10H10Cl2N2O3. The van der Waals surface area contributed by atoms with Crippen molar-refractivity contribution in [2.75, 3.05) is 18.9 Å². The maximum absolute atomic E-state index is 11.3. The van der Waals surface area contributed by atoms with E-state index in [1.807, 2.05) is 0 Å². The number of likely N-dealkylation sites (N-methyl/N-ethyl adjacent to an activating group) is 1. The molecule has 0 radical (unpaired) electrons.